The molecule has 162 valence electrons. The quantitative estimate of drug-likeness (QED) is 0.341. The Hall–Kier alpha value is -2.36. The lowest BCUT2D eigenvalue weighted by molar-refractivity contribution is -0.129. The first-order valence-electron chi connectivity index (χ1n) is 9.84. The van der Waals surface area contributed by atoms with Gasteiger partial charge in [-0.25, -0.2) is 4.39 Å². The van der Waals surface area contributed by atoms with Crippen LogP contribution in [0.25, 0.3) is 0 Å². The first-order valence-corrected chi connectivity index (χ1v) is 9.84. The molecule has 2 aromatic carbocycles. The number of likely N-dealkylation sites (tertiary alicyclic amines) is 1. The molecule has 1 amide bonds. The standard InChI is InChI=1S/C22H27FN4O2.HI/c1-3-21(28)27-13-12-18(15-27)26-22(24-2)25-14-16-4-8-19(9-5-16)29-20-10-6-17(23)7-11-20;/h4-11,18H,3,12-15H2,1-2H3,(H2,24,25,26);1H. The van der Waals surface area contributed by atoms with E-state index in [-0.39, 0.29) is 41.7 Å². The Bertz CT molecular complexity index is 843. The molecule has 1 unspecified atom stereocenters. The highest BCUT2D eigenvalue weighted by Gasteiger charge is 2.25. The summed E-state index contributed by atoms with van der Waals surface area (Å²) >= 11 is 0. The van der Waals surface area contributed by atoms with Crippen molar-refractivity contribution >= 4 is 35.8 Å². The third-order valence-electron chi connectivity index (χ3n) is 4.84. The zero-order chi connectivity index (χ0) is 20.6. The van der Waals surface area contributed by atoms with Crippen molar-refractivity contribution in [2.75, 3.05) is 20.1 Å². The van der Waals surface area contributed by atoms with Crippen LogP contribution in [-0.4, -0.2) is 42.9 Å². The maximum Gasteiger partial charge on any atom is 0.222 e. The molecule has 1 aliphatic heterocycles. The first kappa shape index (κ1) is 23.9. The molecule has 0 bridgehead atoms. The second-order valence-corrected chi connectivity index (χ2v) is 6.95. The number of rotatable bonds is 6. The van der Waals surface area contributed by atoms with E-state index in [2.05, 4.69) is 15.6 Å². The molecular weight excluding hydrogens is 498 g/mol. The van der Waals surface area contributed by atoms with E-state index >= 15 is 0 Å². The average Bonchev–Trinajstić information content (AvgIpc) is 3.22. The number of halogens is 2. The van der Waals surface area contributed by atoms with Crippen molar-refractivity contribution in [1.29, 1.82) is 0 Å². The molecule has 1 fully saturated rings. The van der Waals surface area contributed by atoms with Crippen LogP contribution >= 0.6 is 24.0 Å². The largest absolute Gasteiger partial charge is 0.457 e. The molecule has 3 rings (SSSR count). The van der Waals surface area contributed by atoms with Gasteiger partial charge in [-0.2, -0.15) is 0 Å². The summed E-state index contributed by atoms with van der Waals surface area (Å²) in [5.74, 6) is 1.90. The van der Waals surface area contributed by atoms with Crippen molar-refractivity contribution in [2.45, 2.75) is 32.4 Å². The van der Waals surface area contributed by atoms with Gasteiger partial charge in [-0.05, 0) is 48.4 Å². The number of nitrogens with one attached hydrogen (secondary N) is 2. The molecule has 1 heterocycles. The van der Waals surface area contributed by atoms with E-state index < -0.39 is 0 Å². The van der Waals surface area contributed by atoms with Gasteiger partial charge in [0.1, 0.15) is 17.3 Å². The van der Waals surface area contributed by atoms with Crippen molar-refractivity contribution in [3.8, 4) is 11.5 Å². The molecule has 0 saturated carbocycles. The van der Waals surface area contributed by atoms with E-state index in [9.17, 15) is 9.18 Å². The number of aliphatic imine (C=N–C) groups is 1. The maximum absolute atomic E-state index is 13.0. The Balaban J connectivity index is 0.00000320. The Morgan fingerprint density at radius 1 is 1.17 bits per heavy atom. The van der Waals surface area contributed by atoms with Crippen molar-refractivity contribution in [3.05, 3.63) is 59.9 Å². The van der Waals surface area contributed by atoms with Crippen molar-refractivity contribution in [3.63, 3.8) is 0 Å². The molecule has 6 nitrogen and oxygen atoms in total. The molecule has 0 aliphatic carbocycles. The predicted octanol–water partition coefficient (Wildman–Crippen LogP) is 3.91. The lowest BCUT2D eigenvalue weighted by atomic mass is 10.2. The van der Waals surface area contributed by atoms with Gasteiger partial charge in [0.2, 0.25) is 5.91 Å². The molecule has 30 heavy (non-hydrogen) atoms. The molecule has 0 aromatic heterocycles. The lowest BCUT2D eigenvalue weighted by Crippen LogP contribution is -2.44. The number of ether oxygens (including phenoxy) is 1. The maximum atomic E-state index is 13.0. The molecule has 0 spiro atoms. The second-order valence-electron chi connectivity index (χ2n) is 6.95. The minimum atomic E-state index is -0.289. The van der Waals surface area contributed by atoms with Crippen LogP contribution in [0, 0.1) is 5.82 Å². The van der Waals surface area contributed by atoms with Crippen LogP contribution in [0.3, 0.4) is 0 Å². The Kier molecular flexibility index (Phi) is 9.35. The topological polar surface area (TPSA) is 66.0 Å². The summed E-state index contributed by atoms with van der Waals surface area (Å²) in [7, 11) is 1.74. The van der Waals surface area contributed by atoms with Gasteiger partial charge in [0.15, 0.2) is 5.96 Å². The third-order valence-corrected chi connectivity index (χ3v) is 4.84. The molecule has 2 aromatic rings. The number of hydrogen-bond acceptors (Lipinski definition) is 3. The first-order chi connectivity index (χ1) is 14.1. The molecule has 0 radical (unpaired) electrons. The molecule has 1 aliphatic rings. The van der Waals surface area contributed by atoms with Crippen molar-refractivity contribution < 1.29 is 13.9 Å². The minimum absolute atomic E-state index is 0. The van der Waals surface area contributed by atoms with Gasteiger partial charge in [0, 0.05) is 39.1 Å². The van der Waals surface area contributed by atoms with E-state index in [1.54, 1.807) is 19.2 Å². The normalized spacial score (nSPS) is 16.0. The molecular formula is C22H28FIN4O2. The van der Waals surface area contributed by atoms with E-state index in [0.717, 1.165) is 18.5 Å². The summed E-state index contributed by atoms with van der Waals surface area (Å²) in [6.45, 7) is 4.00. The number of amides is 1. The summed E-state index contributed by atoms with van der Waals surface area (Å²) in [4.78, 5) is 18.0. The highest BCUT2D eigenvalue weighted by molar-refractivity contribution is 14.0. The number of benzene rings is 2. The highest BCUT2D eigenvalue weighted by atomic mass is 127. The number of carbonyl (C=O) groups excluding carboxylic acids is 1. The molecule has 1 saturated heterocycles. The van der Waals surface area contributed by atoms with Crippen LogP contribution in [0.4, 0.5) is 4.39 Å². The van der Waals surface area contributed by atoms with Crippen LogP contribution in [0.15, 0.2) is 53.5 Å². The minimum Gasteiger partial charge on any atom is -0.457 e. The van der Waals surface area contributed by atoms with E-state index in [4.69, 9.17) is 4.74 Å². The fourth-order valence-electron chi connectivity index (χ4n) is 3.22. The predicted molar refractivity (Wildman–Crippen MR) is 127 cm³/mol. The van der Waals surface area contributed by atoms with Gasteiger partial charge in [-0.1, -0.05) is 19.1 Å². The zero-order valence-electron chi connectivity index (χ0n) is 17.2. The van der Waals surface area contributed by atoms with Gasteiger partial charge >= 0.3 is 0 Å². The van der Waals surface area contributed by atoms with Gasteiger partial charge in [0.25, 0.3) is 0 Å². The van der Waals surface area contributed by atoms with Crippen molar-refractivity contribution in [1.82, 2.24) is 15.5 Å². The number of carbonyl (C=O) groups is 1. The van der Waals surface area contributed by atoms with E-state index in [1.807, 2.05) is 36.1 Å². The molecule has 8 heteroatoms. The number of nitrogens with zero attached hydrogens (tertiary/aromatic N) is 2. The average molecular weight is 526 g/mol. The van der Waals surface area contributed by atoms with E-state index in [1.165, 1.54) is 12.1 Å². The monoisotopic (exact) mass is 526 g/mol. The summed E-state index contributed by atoms with van der Waals surface area (Å²) in [5.41, 5.74) is 1.08. The van der Waals surface area contributed by atoms with Gasteiger partial charge in [0.05, 0.1) is 0 Å². The molecule has 1 atom stereocenters. The fourth-order valence-corrected chi connectivity index (χ4v) is 3.22. The van der Waals surface area contributed by atoms with Crippen LogP contribution in [0.1, 0.15) is 25.3 Å². The Morgan fingerprint density at radius 2 is 1.80 bits per heavy atom. The van der Waals surface area contributed by atoms with Crippen LogP contribution in [0.5, 0.6) is 11.5 Å². The fraction of sp³-hybridized carbons (Fsp3) is 0.364. The van der Waals surface area contributed by atoms with Crippen LogP contribution in [0.2, 0.25) is 0 Å². The number of hydrogen-bond donors (Lipinski definition) is 2. The lowest BCUT2D eigenvalue weighted by Gasteiger charge is -2.18. The summed E-state index contributed by atoms with van der Waals surface area (Å²) < 4.78 is 18.7. The van der Waals surface area contributed by atoms with Gasteiger partial charge in [-0.3, -0.25) is 9.79 Å². The van der Waals surface area contributed by atoms with Gasteiger partial charge in [-0.15, -0.1) is 24.0 Å². The second kappa shape index (κ2) is 11.7. The van der Waals surface area contributed by atoms with Crippen LogP contribution in [-0.2, 0) is 11.3 Å². The van der Waals surface area contributed by atoms with Gasteiger partial charge < -0.3 is 20.3 Å². The third kappa shape index (κ3) is 6.86. The summed E-state index contributed by atoms with van der Waals surface area (Å²) in [6.07, 6.45) is 1.46. The Morgan fingerprint density at radius 3 is 2.40 bits per heavy atom. The van der Waals surface area contributed by atoms with E-state index in [0.29, 0.717) is 37.0 Å². The zero-order valence-corrected chi connectivity index (χ0v) is 19.6. The molecule has 2 N–H and O–H groups in total. The Labute approximate surface area is 193 Å². The van der Waals surface area contributed by atoms with Crippen LogP contribution < -0.4 is 15.4 Å². The SMILES string of the molecule is CCC(=O)N1CCC(NC(=NC)NCc2ccc(Oc3ccc(F)cc3)cc2)C1.I. The highest BCUT2D eigenvalue weighted by Crippen LogP contribution is 2.21. The van der Waals surface area contributed by atoms with Crippen molar-refractivity contribution in [2.24, 2.45) is 4.99 Å². The number of guanidine groups is 1. The summed E-state index contributed by atoms with van der Waals surface area (Å²) in [5, 5.41) is 6.68. The summed E-state index contributed by atoms with van der Waals surface area (Å²) in [6, 6.07) is 13.8. The smallest absolute Gasteiger partial charge is 0.222 e.